The minimum atomic E-state index is 0.659. The van der Waals surface area contributed by atoms with E-state index in [1.807, 2.05) is 0 Å². The van der Waals surface area contributed by atoms with E-state index < -0.39 is 0 Å². The summed E-state index contributed by atoms with van der Waals surface area (Å²) >= 11 is 0. The van der Waals surface area contributed by atoms with Crippen molar-refractivity contribution in [2.45, 2.75) is 40.3 Å². The van der Waals surface area contributed by atoms with Crippen LogP contribution in [0.4, 0.5) is 0 Å². The fourth-order valence-corrected chi connectivity index (χ4v) is 2.02. The normalized spacial score (nSPS) is 11.2. The molecule has 0 spiro atoms. The van der Waals surface area contributed by atoms with Crippen molar-refractivity contribution in [3.8, 4) is 0 Å². The highest BCUT2D eigenvalue weighted by molar-refractivity contribution is 5.24. The lowest BCUT2D eigenvalue weighted by molar-refractivity contribution is 0.0676. The van der Waals surface area contributed by atoms with Gasteiger partial charge in [0.05, 0.1) is 18.9 Å². The van der Waals surface area contributed by atoms with Crippen molar-refractivity contribution in [1.82, 2.24) is 15.1 Å². The van der Waals surface area contributed by atoms with Crippen LogP contribution < -0.4 is 5.32 Å². The van der Waals surface area contributed by atoms with Gasteiger partial charge in [0.25, 0.3) is 0 Å². The molecule has 1 heterocycles. The van der Waals surface area contributed by atoms with Crippen molar-refractivity contribution in [3.05, 3.63) is 17.0 Å². The van der Waals surface area contributed by atoms with Crippen LogP contribution in [0.25, 0.3) is 0 Å². The number of aryl methyl sites for hydroxylation is 2. The Bertz CT molecular complexity index is 364. The monoisotopic (exact) mass is 269 g/mol. The van der Waals surface area contributed by atoms with Crippen molar-refractivity contribution in [3.63, 3.8) is 0 Å². The lowest BCUT2D eigenvalue weighted by Crippen LogP contribution is -2.13. The van der Waals surface area contributed by atoms with Crippen LogP contribution in [0.2, 0.25) is 0 Å². The summed E-state index contributed by atoms with van der Waals surface area (Å²) in [6, 6.07) is 0. The van der Waals surface area contributed by atoms with Crippen LogP contribution in [0.3, 0.4) is 0 Å². The van der Waals surface area contributed by atoms with E-state index in [9.17, 15) is 0 Å². The molecule has 0 saturated carbocycles. The number of hydrogen-bond donors (Lipinski definition) is 1. The van der Waals surface area contributed by atoms with Gasteiger partial charge in [-0.15, -0.1) is 0 Å². The highest BCUT2D eigenvalue weighted by Gasteiger charge is 2.10. The third kappa shape index (κ3) is 5.30. The van der Waals surface area contributed by atoms with E-state index >= 15 is 0 Å². The average molecular weight is 269 g/mol. The van der Waals surface area contributed by atoms with Crippen molar-refractivity contribution < 1.29 is 9.47 Å². The van der Waals surface area contributed by atoms with E-state index in [0.29, 0.717) is 13.2 Å². The van der Waals surface area contributed by atoms with Gasteiger partial charge >= 0.3 is 0 Å². The molecule has 0 saturated heterocycles. The highest BCUT2D eigenvalue weighted by atomic mass is 16.5. The van der Waals surface area contributed by atoms with E-state index in [1.165, 1.54) is 11.3 Å². The van der Waals surface area contributed by atoms with Gasteiger partial charge in [-0.3, -0.25) is 4.68 Å². The van der Waals surface area contributed by atoms with Crippen molar-refractivity contribution in [1.29, 1.82) is 0 Å². The van der Waals surface area contributed by atoms with E-state index in [1.54, 1.807) is 7.11 Å². The zero-order valence-corrected chi connectivity index (χ0v) is 12.7. The smallest absolute Gasteiger partial charge is 0.0700 e. The second-order valence-electron chi connectivity index (χ2n) is 4.61. The number of aromatic nitrogens is 2. The minimum absolute atomic E-state index is 0.659. The summed E-state index contributed by atoms with van der Waals surface area (Å²) in [4.78, 5) is 0. The molecule has 19 heavy (non-hydrogen) atoms. The van der Waals surface area contributed by atoms with Gasteiger partial charge in [-0.05, 0) is 26.8 Å². The van der Waals surface area contributed by atoms with Crippen LogP contribution in [0.1, 0.15) is 30.3 Å². The maximum Gasteiger partial charge on any atom is 0.0700 e. The first kappa shape index (κ1) is 16.1. The number of nitrogens with one attached hydrogen (secondary N) is 1. The molecule has 0 atom stereocenters. The van der Waals surface area contributed by atoms with Gasteiger partial charge in [-0.25, -0.2) is 0 Å². The Balaban J connectivity index is 2.37. The first-order chi connectivity index (χ1) is 9.20. The number of rotatable bonds is 10. The summed E-state index contributed by atoms with van der Waals surface area (Å²) in [6.45, 7) is 11.2. The second kappa shape index (κ2) is 9.07. The molecule has 110 valence electrons. The molecular formula is C14H27N3O2. The molecule has 1 rings (SSSR count). The molecule has 1 N–H and O–H groups in total. The summed E-state index contributed by atoms with van der Waals surface area (Å²) in [6.07, 6.45) is 0.978. The fourth-order valence-electron chi connectivity index (χ4n) is 2.02. The van der Waals surface area contributed by atoms with Crippen LogP contribution >= 0.6 is 0 Å². The minimum Gasteiger partial charge on any atom is -0.382 e. The zero-order valence-electron chi connectivity index (χ0n) is 12.7. The number of hydrogen-bond acceptors (Lipinski definition) is 4. The molecule has 0 bridgehead atoms. The Morgan fingerprint density at radius 3 is 2.68 bits per heavy atom. The Hall–Kier alpha value is -0.910. The Morgan fingerprint density at radius 2 is 2.00 bits per heavy atom. The number of nitrogens with zero attached hydrogens (tertiary/aromatic N) is 2. The molecule has 0 aliphatic carbocycles. The zero-order chi connectivity index (χ0) is 14.1. The molecule has 1 aromatic heterocycles. The second-order valence-corrected chi connectivity index (χ2v) is 4.61. The maximum atomic E-state index is 5.46. The van der Waals surface area contributed by atoms with Crippen LogP contribution in [0.5, 0.6) is 0 Å². The summed E-state index contributed by atoms with van der Waals surface area (Å²) in [7, 11) is 1.69. The predicted octanol–water partition coefficient (Wildman–Crippen LogP) is 1.66. The van der Waals surface area contributed by atoms with E-state index in [0.717, 1.165) is 38.4 Å². The molecule has 0 aliphatic heterocycles. The van der Waals surface area contributed by atoms with Gasteiger partial charge in [-0.1, -0.05) is 6.92 Å². The molecule has 0 radical (unpaired) electrons. The van der Waals surface area contributed by atoms with E-state index in [-0.39, 0.29) is 0 Å². The first-order valence-electron chi connectivity index (χ1n) is 7.01. The molecule has 5 nitrogen and oxygen atoms in total. The van der Waals surface area contributed by atoms with Gasteiger partial charge < -0.3 is 14.8 Å². The number of ether oxygens (including phenoxy) is 2. The summed E-state index contributed by atoms with van der Waals surface area (Å²) in [5, 5.41) is 7.95. The maximum absolute atomic E-state index is 5.46. The first-order valence-corrected chi connectivity index (χ1v) is 7.01. The molecule has 5 heteroatoms. The van der Waals surface area contributed by atoms with Crippen molar-refractivity contribution in [2.75, 3.05) is 33.5 Å². The summed E-state index contributed by atoms with van der Waals surface area (Å²) < 4.78 is 12.5. The lowest BCUT2D eigenvalue weighted by atomic mass is 10.2. The fraction of sp³-hybridized carbons (Fsp3) is 0.786. The summed E-state index contributed by atoms with van der Waals surface area (Å²) in [5.41, 5.74) is 3.70. The third-order valence-electron chi connectivity index (χ3n) is 3.17. The van der Waals surface area contributed by atoms with Crippen LogP contribution in [0, 0.1) is 13.8 Å². The molecule has 1 aromatic rings. The van der Waals surface area contributed by atoms with Crippen LogP contribution in [-0.2, 0) is 22.6 Å². The molecular weight excluding hydrogens is 242 g/mol. The largest absolute Gasteiger partial charge is 0.382 e. The third-order valence-corrected chi connectivity index (χ3v) is 3.17. The van der Waals surface area contributed by atoms with Crippen LogP contribution in [0.15, 0.2) is 0 Å². The van der Waals surface area contributed by atoms with Crippen molar-refractivity contribution in [2.24, 2.45) is 0 Å². The standard InChI is InChI=1S/C14H27N3O2/c1-5-15-11-14-12(2)16-17(13(14)3)7-6-8-19-10-9-18-4/h15H,5-11H2,1-4H3. The van der Waals surface area contributed by atoms with Gasteiger partial charge in [-0.2, -0.15) is 5.10 Å². The summed E-state index contributed by atoms with van der Waals surface area (Å²) in [5.74, 6) is 0. The molecule has 0 aromatic carbocycles. The average Bonchev–Trinajstić information content (AvgIpc) is 2.67. The molecule has 0 amide bonds. The topological polar surface area (TPSA) is 48.3 Å². The molecule has 0 fully saturated rings. The molecule has 0 unspecified atom stereocenters. The Morgan fingerprint density at radius 1 is 1.21 bits per heavy atom. The van der Waals surface area contributed by atoms with Gasteiger partial charge in [0, 0.05) is 38.1 Å². The molecule has 0 aliphatic rings. The lowest BCUT2D eigenvalue weighted by Gasteiger charge is -2.07. The van der Waals surface area contributed by atoms with E-state index in [2.05, 4.69) is 35.9 Å². The van der Waals surface area contributed by atoms with Gasteiger partial charge in [0.2, 0.25) is 0 Å². The number of methoxy groups -OCH3 is 1. The van der Waals surface area contributed by atoms with E-state index in [4.69, 9.17) is 9.47 Å². The SMILES string of the molecule is CCNCc1c(C)nn(CCCOCCOC)c1C. The highest BCUT2D eigenvalue weighted by Crippen LogP contribution is 2.13. The quantitative estimate of drug-likeness (QED) is 0.656. The Kier molecular flexibility index (Phi) is 7.70. The van der Waals surface area contributed by atoms with Gasteiger partial charge in [0.1, 0.15) is 0 Å². The van der Waals surface area contributed by atoms with Crippen LogP contribution in [-0.4, -0.2) is 43.3 Å². The van der Waals surface area contributed by atoms with Gasteiger partial charge in [0.15, 0.2) is 0 Å². The Labute approximate surface area is 116 Å². The van der Waals surface area contributed by atoms with Crippen molar-refractivity contribution >= 4 is 0 Å². The predicted molar refractivity (Wildman–Crippen MR) is 76.4 cm³/mol.